The molecule has 0 radical (unpaired) electrons. The fourth-order valence-electron chi connectivity index (χ4n) is 2.56. The summed E-state index contributed by atoms with van der Waals surface area (Å²) >= 11 is 0. The average Bonchev–Trinajstić information content (AvgIpc) is 3.23. The highest BCUT2D eigenvalue weighted by Crippen LogP contribution is 2.21. The van der Waals surface area contributed by atoms with Gasteiger partial charge in [0.1, 0.15) is 19.5 Å². The summed E-state index contributed by atoms with van der Waals surface area (Å²) in [6.45, 7) is 0.771. The van der Waals surface area contributed by atoms with Crippen LogP contribution in [0, 0.1) is 0 Å². The van der Waals surface area contributed by atoms with Crippen LogP contribution in [-0.4, -0.2) is 37.7 Å². The van der Waals surface area contributed by atoms with Crippen LogP contribution in [0.1, 0.15) is 16.2 Å². The Balaban J connectivity index is 1.47. The second-order valence-electron chi connectivity index (χ2n) is 6.07. The third-order valence-corrected chi connectivity index (χ3v) is 5.33. The van der Waals surface area contributed by atoms with Crippen molar-refractivity contribution in [2.75, 3.05) is 23.3 Å². The minimum atomic E-state index is -3.78. The van der Waals surface area contributed by atoms with Crippen molar-refractivity contribution < 1.29 is 27.1 Å². The van der Waals surface area contributed by atoms with Crippen LogP contribution in [0.3, 0.4) is 0 Å². The number of ether oxygens (including phenoxy) is 2. The topological polar surface area (TPSA) is 133 Å². The maximum Gasteiger partial charge on any atom is 0.322 e. The first kappa shape index (κ1) is 19.5. The summed E-state index contributed by atoms with van der Waals surface area (Å²) in [6, 6.07) is 13.8. The number of rotatable bonds is 6. The molecule has 0 unspecified atom stereocenters. The first-order valence-corrected chi connectivity index (χ1v) is 10.3. The van der Waals surface area contributed by atoms with Crippen molar-refractivity contribution in [2.24, 2.45) is 0 Å². The Kier molecular flexibility index (Phi) is 5.35. The summed E-state index contributed by atoms with van der Waals surface area (Å²) in [4.78, 5) is 12.6. The Morgan fingerprint density at radius 2 is 1.83 bits per heavy atom. The van der Waals surface area contributed by atoms with Crippen LogP contribution in [-0.2, 0) is 19.5 Å². The zero-order valence-corrected chi connectivity index (χ0v) is 16.3. The van der Waals surface area contributed by atoms with Gasteiger partial charge < -0.3 is 13.9 Å². The third kappa shape index (κ3) is 4.41. The molecule has 10 nitrogen and oxygen atoms in total. The summed E-state index contributed by atoms with van der Waals surface area (Å²) in [5.41, 5.74) is 0.426. The predicted molar refractivity (Wildman–Crippen MR) is 106 cm³/mol. The molecule has 2 N–H and O–H groups in total. The molecule has 0 bridgehead atoms. The van der Waals surface area contributed by atoms with Crippen molar-refractivity contribution in [3.8, 4) is 0 Å². The number of nitrogens with one attached hydrogen (secondary N) is 2. The quantitative estimate of drug-likeness (QED) is 0.612. The number of benzene rings is 2. The molecule has 154 valence electrons. The van der Waals surface area contributed by atoms with Gasteiger partial charge in [-0.1, -0.05) is 29.4 Å². The molecule has 1 aliphatic heterocycles. The molecule has 1 aliphatic rings. The third-order valence-electron chi connectivity index (χ3n) is 3.94. The lowest BCUT2D eigenvalue weighted by Gasteiger charge is -2.12. The summed E-state index contributed by atoms with van der Waals surface area (Å²) in [7, 11) is -3.78. The molecule has 2 aromatic carbocycles. The minimum absolute atomic E-state index is 0.0642. The molecule has 1 amide bonds. The number of hydrogen-bond acceptors (Lipinski definition) is 8. The van der Waals surface area contributed by atoms with Gasteiger partial charge in [-0.3, -0.25) is 14.8 Å². The van der Waals surface area contributed by atoms with Crippen LogP contribution < -0.4 is 10.0 Å². The lowest BCUT2D eigenvalue weighted by molar-refractivity contribution is 0.102. The van der Waals surface area contributed by atoms with E-state index in [2.05, 4.69) is 20.2 Å². The van der Waals surface area contributed by atoms with E-state index in [0.29, 0.717) is 13.2 Å². The molecule has 0 spiro atoms. The van der Waals surface area contributed by atoms with Gasteiger partial charge in [0.2, 0.25) is 5.76 Å². The molecule has 0 saturated carbocycles. The van der Waals surface area contributed by atoms with E-state index in [1.165, 1.54) is 36.6 Å². The zero-order chi connectivity index (χ0) is 21.0. The van der Waals surface area contributed by atoms with Gasteiger partial charge >= 0.3 is 6.01 Å². The second kappa shape index (κ2) is 8.25. The van der Waals surface area contributed by atoms with Crippen LogP contribution >= 0.6 is 0 Å². The summed E-state index contributed by atoms with van der Waals surface area (Å²) in [6.07, 6.45) is 1.35. The predicted octanol–water partition coefficient (Wildman–Crippen LogP) is 2.47. The van der Waals surface area contributed by atoms with Crippen molar-refractivity contribution in [1.82, 2.24) is 10.2 Å². The number of aromatic nitrogens is 2. The van der Waals surface area contributed by atoms with Crippen molar-refractivity contribution in [2.45, 2.75) is 4.90 Å². The van der Waals surface area contributed by atoms with Crippen LogP contribution in [0.5, 0.6) is 0 Å². The maximum absolute atomic E-state index is 12.5. The summed E-state index contributed by atoms with van der Waals surface area (Å²) in [5.74, 6) is -0.221. The molecular weight excluding hydrogens is 412 g/mol. The first-order chi connectivity index (χ1) is 14.5. The number of nitrogens with zero attached hydrogens (tertiary/aromatic N) is 2. The van der Waals surface area contributed by atoms with Gasteiger partial charge in [0.05, 0.1) is 4.90 Å². The molecule has 4 rings (SSSR count). The zero-order valence-electron chi connectivity index (χ0n) is 15.4. The van der Waals surface area contributed by atoms with Crippen molar-refractivity contribution in [1.29, 1.82) is 0 Å². The van der Waals surface area contributed by atoms with E-state index in [4.69, 9.17) is 13.9 Å². The van der Waals surface area contributed by atoms with E-state index in [-0.39, 0.29) is 33.8 Å². The monoisotopic (exact) mass is 428 g/mol. The second-order valence-corrected chi connectivity index (χ2v) is 7.75. The van der Waals surface area contributed by atoms with Gasteiger partial charge in [-0.2, -0.15) is 0 Å². The highest BCUT2D eigenvalue weighted by Gasteiger charge is 2.18. The number of sulfonamides is 1. The lowest BCUT2D eigenvalue weighted by atomic mass is 10.2. The highest BCUT2D eigenvalue weighted by molar-refractivity contribution is 7.92. The lowest BCUT2D eigenvalue weighted by Crippen LogP contribution is -2.15. The van der Waals surface area contributed by atoms with Crippen LogP contribution in [0.15, 0.2) is 70.2 Å². The average molecular weight is 428 g/mol. The van der Waals surface area contributed by atoms with Gasteiger partial charge in [-0.15, -0.1) is 5.10 Å². The molecule has 1 aromatic heterocycles. The molecule has 11 heteroatoms. The van der Waals surface area contributed by atoms with E-state index in [0.717, 1.165) is 0 Å². The van der Waals surface area contributed by atoms with E-state index >= 15 is 0 Å². The Bertz CT molecular complexity index is 1190. The Morgan fingerprint density at radius 1 is 1.00 bits per heavy atom. The van der Waals surface area contributed by atoms with E-state index < -0.39 is 15.9 Å². The van der Waals surface area contributed by atoms with Crippen LogP contribution in [0.25, 0.3) is 5.76 Å². The van der Waals surface area contributed by atoms with E-state index in [9.17, 15) is 13.2 Å². The standard InChI is InChI=1S/C19H16N4O6S/c24-17(20-19-22-21-18(29-19)16-12-27-9-10-28-16)13-5-4-6-14(11-13)23-30(25,26)15-7-2-1-3-8-15/h1-8,11-12,23H,9-10H2,(H,20,22,24). The molecule has 0 aliphatic carbocycles. The normalized spacial score (nSPS) is 13.5. The summed E-state index contributed by atoms with van der Waals surface area (Å²) in [5, 5.41) is 9.99. The van der Waals surface area contributed by atoms with Gasteiger partial charge in [0.15, 0.2) is 0 Å². The van der Waals surface area contributed by atoms with Crippen molar-refractivity contribution >= 4 is 33.4 Å². The number of anilines is 2. The minimum Gasteiger partial charge on any atom is -0.494 e. The number of carbonyl (C=O) groups is 1. The smallest absolute Gasteiger partial charge is 0.322 e. The number of carbonyl (C=O) groups excluding carboxylic acids is 1. The Labute approximate surface area is 171 Å². The van der Waals surface area contributed by atoms with Crippen molar-refractivity contribution in [3.05, 3.63) is 72.3 Å². The van der Waals surface area contributed by atoms with E-state index in [1.54, 1.807) is 24.3 Å². The highest BCUT2D eigenvalue weighted by atomic mass is 32.2. The van der Waals surface area contributed by atoms with Gasteiger partial charge in [-0.05, 0) is 30.3 Å². The van der Waals surface area contributed by atoms with Crippen LogP contribution in [0.2, 0.25) is 0 Å². The Morgan fingerprint density at radius 3 is 2.60 bits per heavy atom. The van der Waals surface area contributed by atoms with Crippen molar-refractivity contribution in [3.63, 3.8) is 0 Å². The fraction of sp³-hybridized carbons (Fsp3) is 0.105. The largest absolute Gasteiger partial charge is 0.494 e. The molecule has 0 atom stereocenters. The first-order valence-electron chi connectivity index (χ1n) is 8.79. The van der Waals surface area contributed by atoms with Gasteiger partial charge in [-0.25, -0.2) is 8.42 Å². The molecule has 3 aromatic rings. The molecule has 2 heterocycles. The molecule has 30 heavy (non-hydrogen) atoms. The SMILES string of the molecule is O=C(Nc1nnc(C2=COCCO2)o1)c1cccc(NS(=O)(=O)c2ccccc2)c1. The van der Waals surface area contributed by atoms with Crippen LogP contribution in [0.4, 0.5) is 11.7 Å². The van der Waals surface area contributed by atoms with Gasteiger partial charge in [0.25, 0.3) is 21.8 Å². The fourth-order valence-corrected chi connectivity index (χ4v) is 3.63. The summed E-state index contributed by atoms with van der Waals surface area (Å²) < 4.78 is 43.1. The number of hydrogen-bond donors (Lipinski definition) is 2. The molecule has 0 saturated heterocycles. The Hall–Kier alpha value is -3.86. The molecular formula is C19H16N4O6S. The van der Waals surface area contributed by atoms with E-state index in [1.807, 2.05) is 0 Å². The van der Waals surface area contributed by atoms with Gasteiger partial charge in [0, 0.05) is 11.3 Å². The number of amides is 1. The molecule has 0 fully saturated rings. The maximum atomic E-state index is 12.5.